The van der Waals surface area contributed by atoms with Crippen molar-refractivity contribution in [1.82, 2.24) is 0 Å². The molecule has 0 aromatic heterocycles. The van der Waals surface area contributed by atoms with Gasteiger partial charge in [0.2, 0.25) is 5.91 Å². The van der Waals surface area contributed by atoms with Crippen molar-refractivity contribution in [2.75, 3.05) is 10.6 Å². The summed E-state index contributed by atoms with van der Waals surface area (Å²) in [6, 6.07) is 28.1. The maximum atomic E-state index is 12.1. The molecular formula is C22H22N2O. The molecule has 3 aromatic carbocycles. The van der Waals surface area contributed by atoms with Gasteiger partial charge < -0.3 is 10.6 Å². The van der Waals surface area contributed by atoms with Gasteiger partial charge in [-0.3, -0.25) is 4.79 Å². The van der Waals surface area contributed by atoms with Gasteiger partial charge in [0.15, 0.2) is 0 Å². The summed E-state index contributed by atoms with van der Waals surface area (Å²) < 4.78 is 0. The Morgan fingerprint density at radius 1 is 0.680 bits per heavy atom. The number of hydrogen-bond acceptors (Lipinski definition) is 2. The van der Waals surface area contributed by atoms with Crippen molar-refractivity contribution < 1.29 is 4.79 Å². The summed E-state index contributed by atoms with van der Waals surface area (Å²) in [5.74, 6) is 0.0360. The van der Waals surface area contributed by atoms with Crippen LogP contribution in [0, 0.1) is 0 Å². The number of hydrogen-bond donors (Lipinski definition) is 2. The van der Waals surface area contributed by atoms with Crippen molar-refractivity contribution in [3.8, 4) is 0 Å². The lowest BCUT2D eigenvalue weighted by Crippen LogP contribution is -2.12. The maximum absolute atomic E-state index is 12.1. The molecule has 0 heterocycles. The molecule has 3 nitrogen and oxygen atoms in total. The van der Waals surface area contributed by atoms with E-state index in [0.717, 1.165) is 24.3 Å². The molecule has 3 aromatic rings. The molecule has 0 unspecified atom stereocenters. The van der Waals surface area contributed by atoms with E-state index in [9.17, 15) is 4.79 Å². The van der Waals surface area contributed by atoms with Gasteiger partial charge in [-0.05, 0) is 41.8 Å². The summed E-state index contributed by atoms with van der Waals surface area (Å²) in [7, 11) is 0. The minimum atomic E-state index is 0.0360. The molecular weight excluding hydrogens is 308 g/mol. The van der Waals surface area contributed by atoms with Crippen LogP contribution >= 0.6 is 0 Å². The summed E-state index contributed by atoms with van der Waals surface area (Å²) in [5, 5.41) is 6.32. The van der Waals surface area contributed by atoms with Crippen LogP contribution in [0.3, 0.4) is 0 Å². The standard InChI is InChI=1S/C22H22N2O/c25-22(16-11-18-7-3-1-4-8-18)24-21-14-12-20(13-15-21)23-17-19-9-5-2-6-10-19/h1-10,12-15,23H,11,16-17H2,(H,24,25). The van der Waals surface area contributed by atoms with E-state index in [-0.39, 0.29) is 5.91 Å². The molecule has 0 aliphatic rings. The largest absolute Gasteiger partial charge is 0.381 e. The summed E-state index contributed by atoms with van der Waals surface area (Å²) in [6.07, 6.45) is 1.24. The van der Waals surface area contributed by atoms with Gasteiger partial charge in [0.1, 0.15) is 0 Å². The van der Waals surface area contributed by atoms with Crippen molar-refractivity contribution in [3.05, 3.63) is 96.1 Å². The van der Waals surface area contributed by atoms with Gasteiger partial charge in [-0.25, -0.2) is 0 Å². The molecule has 126 valence electrons. The Morgan fingerprint density at radius 2 is 1.24 bits per heavy atom. The number of amides is 1. The van der Waals surface area contributed by atoms with E-state index in [4.69, 9.17) is 0 Å². The highest BCUT2D eigenvalue weighted by Gasteiger charge is 2.03. The third-order valence-corrected chi connectivity index (χ3v) is 3.99. The van der Waals surface area contributed by atoms with E-state index >= 15 is 0 Å². The molecule has 0 atom stereocenters. The van der Waals surface area contributed by atoms with Crippen LogP contribution in [0.1, 0.15) is 17.5 Å². The summed E-state index contributed by atoms with van der Waals surface area (Å²) in [6.45, 7) is 0.781. The zero-order valence-electron chi connectivity index (χ0n) is 14.1. The highest BCUT2D eigenvalue weighted by atomic mass is 16.1. The van der Waals surface area contributed by atoms with Crippen LogP contribution in [0.25, 0.3) is 0 Å². The van der Waals surface area contributed by atoms with E-state index in [0.29, 0.717) is 6.42 Å². The van der Waals surface area contributed by atoms with Gasteiger partial charge >= 0.3 is 0 Å². The Kier molecular flexibility index (Phi) is 5.83. The summed E-state index contributed by atoms with van der Waals surface area (Å²) in [5.41, 5.74) is 4.27. The zero-order valence-corrected chi connectivity index (χ0v) is 14.1. The van der Waals surface area contributed by atoms with Gasteiger partial charge in [0.05, 0.1) is 0 Å². The minimum Gasteiger partial charge on any atom is -0.381 e. The number of rotatable bonds is 7. The van der Waals surface area contributed by atoms with Crippen LogP contribution in [0.5, 0.6) is 0 Å². The first-order valence-electron chi connectivity index (χ1n) is 8.51. The number of benzene rings is 3. The summed E-state index contributed by atoms with van der Waals surface area (Å²) >= 11 is 0. The van der Waals surface area contributed by atoms with Crippen LogP contribution in [-0.2, 0) is 17.8 Å². The number of aryl methyl sites for hydroxylation is 1. The van der Waals surface area contributed by atoms with E-state index in [1.165, 1.54) is 11.1 Å². The SMILES string of the molecule is O=C(CCc1ccccc1)Nc1ccc(NCc2ccccc2)cc1. The molecule has 0 bridgehead atoms. The average Bonchev–Trinajstić information content (AvgIpc) is 2.67. The Morgan fingerprint density at radius 3 is 1.88 bits per heavy atom. The number of nitrogens with one attached hydrogen (secondary N) is 2. The molecule has 0 spiro atoms. The van der Waals surface area contributed by atoms with Crippen LogP contribution < -0.4 is 10.6 Å². The molecule has 0 saturated carbocycles. The van der Waals surface area contributed by atoms with E-state index in [1.54, 1.807) is 0 Å². The zero-order chi connectivity index (χ0) is 17.3. The second-order valence-corrected chi connectivity index (χ2v) is 5.95. The van der Waals surface area contributed by atoms with E-state index < -0.39 is 0 Å². The average molecular weight is 330 g/mol. The molecule has 0 fully saturated rings. The summed E-state index contributed by atoms with van der Waals surface area (Å²) in [4.78, 5) is 12.1. The molecule has 1 amide bonds. The fraction of sp³-hybridized carbons (Fsp3) is 0.136. The van der Waals surface area contributed by atoms with E-state index in [1.807, 2.05) is 72.8 Å². The van der Waals surface area contributed by atoms with Crippen molar-refractivity contribution in [2.24, 2.45) is 0 Å². The molecule has 0 radical (unpaired) electrons. The fourth-order valence-electron chi connectivity index (χ4n) is 2.60. The quantitative estimate of drug-likeness (QED) is 0.649. The molecule has 0 aliphatic heterocycles. The second-order valence-electron chi connectivity index (χ2n) is 5.95. The van der Waals surface area contributed by atoms with Gasteiger partial charge in [-0.15, -0.1) is 0 Å². The third-order valence-electron chi connectivity index (χ3n) is 3.99. The van der Waals surface area contributed by atoms with Crippen LogP contribution in [0.2, 0.25) is 0 Å². The normalized spacial score (nSPS) is 10.2. The topological polar surface area (TPSA) is 41.1 Å². The first kappa shape index (κ1) is 16.8. The monoisotopic (exact) mass is 330 g/mol. The Hall–Kier alpha value is -3.07. The third kappa shape index (κ3) is 5.50. The lowest BCUT2D eigenvalue weighted by atomic mass is 10.1. The molecule has 2 N–H and O–H groups in total. The highest BCUT2D eigenvalue weighted by molar-refractivity contribution is 5.91. The fourth-order valence-corrected chi connectivity index (χ4v) is 2.60. The van der Waals surface area contributed by atoms with E-state index in [2.05, 4.69) is 22.8 Å². The molecule has 3 heteroatoms. The van der Waals surface area contributed by atoms with Crippen molar-refractivity contribution >= 4 is 17.3 Å². The van der Waals surface area contributed by atoms with Gasteiger partial charge in [-0.1, -0.05) is 60.7 Å². The number of carbonyl (C=O) groups is 1. The van der Waals surface area contributed by atoms with Gasteiger partial charge in [0, 0.05) is 24.3 Å². The first-order chi connectivity index (χ1) is 12.3. The van der Waals surface area contributed by atoms with Crippen molar-refractivity contribution in [1.29, 1.82) is 0 Å². The Balaban J connectivity index is 1.46. The lowest BCUT2D eigenvalue weighted by Gasteiger charge is -2.09. The van der Waals surface area contributed by atoms with Gasteiger partial charge in [-0.2, -0.15) is 0 Å². The molecule has 3 rings (SSSR count). The van der Waals surface area contributed by atoms with Crippen LogP contribution in [0.15, 0.2) is 84.9 Å². The van der Waals surface area contributed by atoms with Crippen molar-refractivity contribution in [3.63, 3.8) is 0 Å². The maximum Gasteiger partial charge on any atom is 0.224 e. The van der Waals surface area contributed by atoms with Crippen LogP contribution in [-0.4, -0.2) is 5.91 Å². The van der Waals surface area contributed by atoms with Gasteiger partial charge in [0.25, 0.3) is 0 Å². The molecule has 0 saturated heterocycles. The Bertz CT molecular complexity index is 783. The predicted molar refractivity (Wildman–Crippen MR) is 104 cm³/mol. The Labute approximate surface area is 148 Å². The smallest absolute Gasteiger partial charge is 0.224 e. The second kappa shape index (κ2) is 8.69. The minimum absolute atomic E-state index is 0.0360. The molecule has 25 heavy (non-hydrogen) atoms. The highest BCUT2D eigenvalue weighted by Crippen LogP contribution is 2.15. The lowest BCUT2D eigenvalue weighted by molar-refractivity contribution is -0.116. The van der Waals surface area contributed by atoms with Crippen LogP contribution in [0.4, 0.5) is 11.4 Å². The number of carbonyl (C=O) groups excluding carboxylic acids is 1. The van der Waals surface area contributed by atoms with Crippen molar-refractivity contribution in [2.45, 2.75) is 19.4 Å². The first-order valence-corrected chi connectivity index (χ1v) is 8.51. The number of anilines is 2. The predicted octanol–water partition coefficient (Wildman–Crippen LogP) is 4.87. The molecule has 0 aliphatic carbocycles.